The molecule has 0 atom stereocenters. The first-order chi connectivity index (χ1) is 13.1. The number of aromatic carboxylic acids is 1. The number of thiazole rings is 1. The normalized spacial score (nSPS) is 11.0. The molecule has 1 aromatic carbocycles. The third-order valence-corrected chi connectivity index (χ3v) is 6.11. The van der Waals surface area contributed by atoms with E-state index in [0.717, 1.165) is 20.4 Å². The number of benzene rings is 1. The standard InChI is InChI=1S/C18H17NO5S3/c1-3-23-26-15-6-5-11(8-16(15)27-24-4-2)17-19-13(10-25-17)14-7-12(9-22-14)18(20)21/h5-10H,3-4H2,1-2H3,(H,20,21). The van der Waals surface area contributed by atoms with Gasteiger partial charge in [0.05, 0.1) is 28.6 Å². The summed E-state index contributed by atoms with van der Waals surface area (Å²) in [6, 6.07) is 7.44. The summed E-state index contributed by atoms with van der Waals surface area (Å²) < 4.78 is 16.3. The number of aromatic nitrogens is 1. The summed E-state index contributed by atoms with van der Waals surface area (Å²) in [7, 11) is 0. The third-order valence-electron chi connectivity index (χ3n) is 3.33. The van der Waals surface area contributed by atoms with Gasteiger partial charge in [-0.15, -0.1) is 11.3 Å². The topological polar surface area (TPSA) is 81.8 Å². The maximum absolute atomic E-state index is 11.0. The van der Waals surface area contributed by atoms with Crippen LogP contribution in [0.2, 0.25) is 0 Å². The zero-order chi connectivity index (χ0) is 19.2. The Morgan fingerprint density at radius 1 is 1.19 bits per heavy atom. The summed E-state index contributed by atoms with van der Waals surface area (Å²) in [5.41, 5.74) is 1.65. The molecule has 0 unspecified atom stereocenters. The van der Waals surface area contributed by atoms with Gasteiger partial charge in [-0.3, -0.25) is 0 Å². The third kappa shape index (κ3) is 4.94. The molecule has 6 nitrogen and oxygen atoms in total. The van der Waals surface area contributed by atoms with Crippen molar-refractivity contribution in [2.45, 2.75) is 23.6 Å². The van der Waals surface area contributed by atoms with Gasteiger partial charge in [-0.2, -0.15) is 0 Å². The number of carboxylic acid groups (broad SMARTS) is 1. The molecule has 3 rings (SSSR count). The number of carboxylic acids is 1. The second-order valence-electron chi connectivity index (χ2n) is 5.18. The van der Waals surface area contributed by atoms with E-state index in [1.165, 1.54) is 47.8 Å². The minimum atomic E-state index is -1.03. The van der Waals surface area contributed by atoms with Crippen LogP contribution < -0.4 is 0 Å². The van der Waals surface area contributed by atoms with Crippen LogP contribution in [0.1, 0.15) is 24.2 Å². The Bertz CT molecular complexity index is 921. The Morgan fingerprint density at radius 2 is 1.93 bits per heavy atom. The van der Waals surface area contributed by atoms with Gasteiger partial charge in [-0.1, -0.05) is 6.07 Å². The Morgan fingerprint density at radius 3 is 2.59 bits per heavy atom. The lowest BCUT2D eigenvalue weighted by atomic mass is 10.2. The number of rotatable bonds is 9. The van der Waals surface area contributed by atoms with E-state index in [-0.39, 0.29) is 5.56 Å². The Kier molecular flexibility index (Phi) is 6.97. The van der Waals surface area contributed by atoms with Gasteiger partial charge in [-0.25, -0.2) is 9.78 Å². The SMILES string of the molecule is CCOSc1ccc(-c2nc(-c3cc(C(=O)O)co3)cs2)cc1SOCC. The molecule has 0 fully saturated rings. The molecule has 0 amide bonds. The van der Waals surface area contributed by atoms with E-state index in [1.807, 2.05) is 37.4 Å². The van der Waals surface area contributed by atoms with Gasteiger partial charge in [0.1, 0.15) is 17.0 Å². The maximum atomic E-state index is 11.0. The average Bonchev–Trinajstić information content (AvgIpc) is 3.34. The predicted molar refractivity (Wildman–Crippen MR) is 107 cm³/mol. The lowest BCUT2D eigenvalue weighted by Crippen LogP contribution is -1.91. The van der Waals surface area contributed by atoms with Crippen molar-refractivity contribution in [2.24, 2.45) is 0 Å². The molecule has 2 heterocycles. The van der Waals surface area contributed by atoms with Gasteiger partial charge in [0.15, 0.2) is 5.76 Å². The molecule has 0 aliphatic rings. The number of carbonyl (C=O) groups is 1. The highest BCUT2D eigenvalue weighted by molar-refractivity contribution is 7.97. The molecule has 0 aliphatic carbocycles. The van der Waals surface area contributed by atoms with Crippen LogP contribution in [0.4, 0.5) is 0 Å². The van der Waals surface area contributed by atoms with Crippen molar-refractivity contribution in [1.82, 2.24) is 4.98 Å². The van der Waals surface area contributed by atoms with Crippen LogP contribution in [-0.2, 0) is 8.37 Å². The maximum Gasteiger partial charge on any atom is 0.338 e. The molecule has 9 heteroatoms. The lowest BCUT2D eigenvalue weighted by Gasteiger charge is -2.09. The van der Waals surface area contributed by atoms with Gasteiger partial charge in [0.25, 0.3) is 0 Å². The van der Waals surface area contributed by atoms with Gasteiger partial charge >= 0.3 is 5.97 Å². The first-order valence-corrected chi connectivity index (χ1v) is 10.5. The zero-order valence-corrected chi connectivity index (χ0v) is 17.1. The van der Waals surface area contributed by atoms with E-state index in [4.69, 9.17) is 17.9 Å². The van der Waals surface area contributed by atoms with Crippen molar-refractivity contribution in [3.8, 4) is 22.0 Å². The molecule has 2 aromatic heterocycles. The van der Waals surface area contributed by atoms with Crippen molar-refractivity contribution in [3.05, 3.63) is 41.5 Å². The second-order valence-corrected chi connectivity index (χ2v) is 7.73. The molecule has 0 aliphatic heterocycles. The number of furan rings is 1. The molecule has 0 saturated heterocycles. The second kappa shape index (κ2) is 9.43. The first kappa shape index (κ1) is 20.0. The van der Waals surface area contributed by atoms with Crippen molar-refractivity contribution >= 4 is 41.4 Å². The van der Waals surface area contributed by atoms with Crippen LogP contribution in [0.15, 0.2) is 50.1 Å². The van der Waals surface area contributed by atoms with Crippen LogP contribution in [0.5, 0.6) is 0 Å². The van der Waals surface area contributed by atoms with Gasteiger partial charge in [0.2, 0.25) is 0 Å². The van der Waals surface area contributed by atoms with E-state index in [2.05, 4.69) is 4.98 Å². The van der Waals surface area contributed by atoms with Crippen molar-refractivity contribution in [3.63, 3.8) is 0 Å². The quantitative estimate of drug-likeness (QED) is 0.429. The number of hydrogen-bond donors (Lipinski definition) is 1. The minimum absolute atomic E-state index is 0.104. The average molecular weight is 424 g/mol. The summed E-state index contributed by atoms with van der Waals surface area (Å²) in [5, 5.41) is 11.7. The van der Waals surface area contributed by atoms with Crippen LogP contribution in [0.25, 0.3) is 22.0 Å². The van der Waals surface area contributed by atoms with Crippen LogP contribution in [-0.4, -0.2) is 29.3 Å². The van der Waals surface area contributed by atoms with Gasteiger partial charge in [0, 0.05) is 41.1 Å². The van der Waals surface area contributed by atoms with Crippen molar-refractivity contribution in [1.29, 1.82) is 0 Å². The number of hydrogen-bond acceptors (Lipinski definition) is 8. The van der Waals surface area contributed by atoms with E-state index in [9.17, 15) is 4.79 Å². The largest absolute Gasteiger partial charge is 0.478 e. The summed E-state index contributed by atoms with van der Waals surface area (Å²) in [5.74, 6) is -0.595. The van der Waals surface area contributed by atoms with E-state index < -0.39 is 5.97 Å². The van der Waals surface area contributed by atoms with Crippen molar-refractivity contribution < 1.29 is 22.7 Å². The summed E-state index contributed by atoms with van der Waals surface area (Å²) in [6.07, 6.45) is 1.22. The van der Waals surface area contributed by atoms with Gasteiger partial charge in [-0.05, 0) is 26.0 Å². The highest BCUT2D eigenvalue weighted by Crippen LogP contribution is 2.37. The Labute approximate surface area is 169 Å². The van der Waals surface area contributed by atoms with E-state index in [0.29, 0.717) is 24.7 Å². The Balaban J connectivity index is 1.87. The fourth-order valence-electron chi connectivity index (χ4n) is 2.12. The molecule has 0 bridgehead atoms. The molecule has 1 N–H and O–H groups in total. The molecule has 0 spiro atoms. The Hall–Kier alpha value is -1.78. The lowest BCUT2D eigenvalue weighted by molar-refractivity contribution is 0.0696. The minimum Gasteiger partial charge on any atom is -0.478 e. The monoisotopic (exact) mass is 423 g/mol. The molecule has 0 saturated carbocycles. The fourth-order valence-corrected chi connectivity index (χ4v) is 4.21. The highest BCUT2D eigenvalue weighted by atomic mass is 32.2. The molecular formula is C18H17NO5S3. The summed E-state index contributed by atoms with van der Waals surface area (Å²) in [4.78, 5) is 17.5. The molecule has 0 radical (unpaired) electrons. The van der Waals surface area contributed by atoms with E-state index >= 15 is 0 Å². The summed E-state index contributed by atoms with van der Waals surface area (Å²) >= 11 is 4.09. The van der Waals surface area contributed by atoms with Gasteiger partial charge < -0.3 is 17.9 Å². The predicted octanol–water partition coefficient (Wildman–Crippen LogP) is 5.86. The van der Waals surface area contributed by atoms with Crippen LogP contribution in [0, 0.1) is 0 Å². The zero-order valence-electron chi connectivity index (χ0n) is 14.6. The fraction of sp³-hybridized carbons (Fsp3) is 0.222. The molecule has 27 heavy (non-hydrogen) atoms. The summed E-state index contributed by atoms with van der Waals surface area (Å²) in [6.45, 7) is 5.09. The molecule has 142 valence electrons. The molecule has 3 aromatic rings. The highest BCUT2D eigenvalue weighted by Gasteiger charge is 2.15. The number of nitrogens with zero attached hydrogens (tertiary/aromatic N) is 1. The van der Waals surface area contributed by atoms with E-state index in [1.54, 1.807) is 0 Å². The smallest absolute Gasteiger partial charge is 0.338 e. The van der Waals surface area contributed by atoms with Crippen LogP contribution in [0.3, 0.4) is 0 Å². The first-order valence-electron chi connectivity index (χ1n) is 8.13. The molecular weight excluding hydrogens is 406 g/mol. The van der Waals surface area contributed by atoms with Crippen molar-refractivity contribution in [2.75, 3.05) is 13.2 Å². The van der Waals surface area contributed by atoms with Crippen LogP contribution >= 0.6 is 35.4 Å².